The standard InChI is InChI=1S/C23H24N2O/c26-23(18-11-5-2-6-12-18)25-15-20(17-9-3-1-4-10-17)21-16-24-22-14-8-7-13-19(21)22/h1-5,7-10,13-14,16,18,20,24H,6,11-12,15H2,(H,25,26)/t18-,20+/m0/s1. The fourth-order valence-corrected chi connectivity index (χ4v) is 3.85. The highest BCUT2D eigenvalue weighted by molar-refractivity contribution is 5.84. The van der Waals surface area contributed by atoms with Crippen molar-refractivity contribution >= 4 is 16.8 Å². The molecule has 4 rings (SSSR count). The van der Waals surface area contributed by atoms with E-state index in [1.165, 1.54) is 16.5 Å². The summed E-state index contributed by atoms with van der Waals surface area (Å²) in [4.78, 5) is 16.0. The summed E-state index contributed by atoms with van der Waals surface area (Å²) in [7, 11) is 0. The monoisotopic (exact) mass is 344 g/mol. The van der Waals surface area contributed by atoms with Crippen LogP contribution in [0.1, 0.15) is 36.3 Å². The predicted molar refractivity (Wildman–Crippen MR) is 106 cm³/mol. The molecular weight excluding hydrogens is 320 g/mol. The molecule has 1 aliphatic carbocycles. The van der Waals surface area contributed by atoms with E-state index in [-0.39, 0.29) is 17.7 Å². The van der Waals surface area contributed by atoms with Crippen molar-refractivity contribution in [2.75, 3.05) is 6.54 Å². The van der Waals surface area contributed by atoms with Gasteiger partial charge in [0.25, 0.3) is 0 Å². The van der Waals surface area contributed by atoms with Gasteiger partial charge in [-0.15, -0.1) is 0 Å². The van der Waals surface area contributed by atoms with E-state index < -0.39 is 0 Å². The predicted octanol–water partition coefficient (Wildman–Crippen LogP) is 4.77. The zero-order valence-electron chi connectivity index (χ0n) is 14.8. The van der Waals surface area contributed by atoms with Crippen LogP contribution >= 0.6 is 0 Å². The number of aromatic nitrogens is 1. The Balaban J connectivity index is 1.60. The van der Waals surface area contributed by atoms with Crippen LogP contribution in [-0.2, 0) is 4.79 Å². The molecule has 3 nitrogen and oxygen atoms in total. The van der Waals surface area contributed by atoms with Crippen molar-refractivity contribution in [3.05, 3.63) is 84.1 Å². The third-order valence-electron chi connectivity index (χ3n) is 5.32. The van der Waals surface area contributed by atoms with Crippen molar-refractivity contribution in [1.82, 2.24) is 10.3 Å². The summed E-state index contributed by atoms with van der Waals surface area (Å²) in [5, 5.41) is 4.44. The van der Waals surface area contributed by atoms with Gasteiger partial charge in [0.1, 0.15) is 0 Å². The number of allylic oxidation sites excluding steroid dienone is 2. The minimum absolute atomic E-state index is 0.111. The van der Waals surface area contributed by atoms with Crippen molar-refractivity contribution in [3.63, 3.8) is 0 Å². The van der Waals surface area contributed by atoms with Crippen molar-refractivity contribution in [1.29, 1.82) is 0 Å². The maximum Gasteiger partial charge on any atom is 0.223 e. The molecule has 1 aromatic heterocycles. The average Bonchev–Trinajstić information content (AvgIpc) is 3.14. The Labute approximate surface area is 154 Å². The van der Waals surface area contributed by atoms with Gasteiger partial charge in [-0.2, -0.15) is 0 Å². The number of nitrogens with one attached hydrogen (secondary N) is 2. The number of hydrogen-bond acceptors (Lipinski definition) is 1. The van der Waals surface area contributed by atoms with Crippen molar-refractivity contribution in [3.8, 4) is 0 Å². The van der Waals surface area contributed by atoms with Crippen molar-refractivity contribution in [2.24, 2.45) is 5.92 Å². The molecule has 26 heavy (non-hydrogen) atoms. The molecule has 0 radical (unpaired) electrons. The van der Waals surface area contributed by atoms with Gasteiger partial charge in [0.15, 0.2) is 0 Å². The maximum atomic E-state index is 12.6. The summed E-state index contributed by atoms with van der Waals surface area (Å²) < 4.78 is 0. The molecule has 0 fully saturated rings. The minimum Gasteiger partial charge on any atom is -0.361 e. The molecule has 0 bridgehead atoms. The molecule has 0 saturated heterocycles. The van der Waals surface area contributed by atoms with Gasteiger partial charge in [-0.05, 0) is 36.5 Å². The van der Waals surface area contributed by atoms with E-state index in [1.807, 2.05) is 12.1 Å². The summed E-state index contributed by atoms with van der Waals surface area (Å²) in [6.45, 7) is 0.616. The highest BCUT2D eigenvalue weighted by atomic mass is 16.1. The van der Waals surface area contributed by atoms with Crippen molar-refractivity contribution in [2.45, 2.75) is 25.2 Å². The van der Waals surface area contributed by atoms with Crippen LogP contribution in [0.4, 0.5) is 0 Å². The second-order valence-corrected chi connectivity index (χ2v) is 6.98. The third-order valence-corrected chi connectivity index (χ3v) is 5.32. The normalized spacial score (nSPS) is 17.9. The Morgan fingerprint density at radius 1 is 1.08 bits per heavy atom. The summed E-state index contributed by atoms with van der Waals surface area (Å²) in [6.07, 6.45) is 9.19. The van der Waals surface area contributed by atoms with Gasteiger partial charge < -0.3 is 10.3 Å². The van der Waals surface area contributed by atoms with Gasteiger partial charge >= 0.3 is 0 Å². The molecule has 1 heterocycles. The Hall–Kier alpha value is -2.81. The minimum atomic E-state index is 0.111. The number of rotatable bonds is 5. The molecule has 2 N–H and O–H groups in total. The number of para-hydroxylation sites is 1. The van der Waals surface area contributed by atoms with Crippen LogP contribution in [0.15, 0.2) is 72.9 Å². The largest absolute Gasteiger partial charge is 0.361 e. The Morgan fingerprint density at radius 3 is 2.69 bits per heavy atom. The highest BCUT2D eigenvalue weighted by Gasteiger charge is 2.22. The third kappa shape index (κ3) is 3.43. The first-order chi connectivity index (χ1) is 12.8. The lowest BCUT2D eigenvalue weighted by Crippen LogP contribution is -2.34. The summed E-state index contributed by atoms with van der Waals surface area (Å²) in [5.41, 5.74) is 3.59. The van der Waals surface area contributed by atoms with E-state index >= 15 is 0 Å². The Kier molecular flexibility index (Phi) is 4.87. The van der Waals surface area contributed by atoms with E-state index in [2.05, 4.69) is 71.1 Å². The number of fused-ring (bicyclic) bond motifs is 1. The van der Waals surface area contributed by atoms with Crippen molar-refractivity contribution < 1.29 is 4.79 Å². The van der Waals surface area contributed by atoms with Gasteiger partial charge in [-0.3, -0.25) is 4.79 Å². The van der Waals surface area contributed by atoms with Crippen LogP contribution in [0.2, 0.25) is 0 Å². The summed E-state index contributed by atoms with van der Waals surface area (Å²) in [5.74, 6) is 0.421. The Morgan fingerprint density at radius 2 is 1.88 bits per heavy atom. The first kappa shape index (κ1) is 16.6. The zero-order chi connectivity index (χ0) is 17.8. The van der Waals surface area contributed by atoms with Gasteiger partial charge in [0.05, 0.1) is 0 Å². The molecule has 132 valence electrons. The lowest BCUT2D eigenvalue weighted by molar-refractivity contribution is -0.125. The fourth-order valence-electron chi connectivity index (χ4n) is 3.85. The van der Waals surface area contributed by atoms with Crippen LogP contribution in [0.5, 0.6) is 0 Å². The van der Waals surface area contributed by atoms with Gasteiger partial charge in [0.2, 0.25) is 5.91 Å². The number of H-pyrrole nitrogens is 1. The zero-order valence-corrected chi connectivity index (χ0v) is 14.8. The molecule has 0 aliphatic heterocycles. The van der Waals surface area contributed by atoms with Crippen LogP contribution in [0.25, 0.3) is 10.9 Å². The van der Waals surface area contributed by atoms with Crippen LogP contribution in [-0.4, -0.2) is 17.4 Å². The van der Waals surface area contributed by atoms with E-state index in [0.717, 1.165) is 24.8 Å². The van der Waals surface area contributed by atoms with E-state index in [4.69, 9.17) is 0 Å². The molecule has 1 aliphatic rings. The molecule has 2 aromatic carbocycles. The van der Waals surface area contributed by atoms with E-state index in [9.17, 15) is 4.79 Å². The first-order valence-electron chi connectivity index (χ1n) is 9.36. The van der Waals surface area contributed by atoms with Crippen LogP contribution in [0, 0.1) is 5.92 Å². The van der Waals surface area contributed by atoms with E-state index in [0.29, 0.717) is 6.54 Å². The number of amides is 1. The SMILES string of the molecule is O=C(NC[C@H](c1ccccc1)c1c[nH]c2ccccc12)[C@H]1CC=CCC1. The molecule has 3 heteroatoms. The quantitative estimate of drug-likeness (QED) is 0.643. The molecule has 0 unspecified atom stereocenters. The number of carbonyl (C=O) groups excluding carboxylic acids is 1. The maximum absolute atomic E-state index is 12.6. The first-order valence-corrected chi connectivity index (χ1v) is 9.36. The molecular formula is C23H24N2O. The second-order valence-electron chi connectivity index (χ2n) is 6.98. The molecule has 3 aromatic rings. The number of hydrogen-bond donors (Lipinski definition) is 2. The van der Waals surface area contributed by atoms with Gasteiger partial charge in [-0.1, -0.05) is 60.7 Å². The molecule has 1 amide bonds. The van der Waals surface area contributed by atoms with Gasteiger partial charge in [0, 0.05) is 35.5 Å². The van der Waals surface area contributed by atoms with E-state index in [1.54, 1.807) is 0 Å². The number of benzene rings is 2. The molecule has 0 spiro atoms. The molecule has 2 atom stereocenters. The molecule has 0 saturated carbocycles. The van der Waals surface area contributed by atoms with Crippen LogP contribution < -0.4 is 5.32 Å². The topological polar surface area (TPSA) is 44.9 Å². The Bertz CT molecular complexity index is 910. The lowest BCUT2D eigenvalue weighted by atomic mass is 9.90. The number of aromatic amines is 1. The average molecular weight is 344 g/mol. The smallest absolute Gasteiger partial charge is 0.223 e. The van der Waals surface area contributed by atoms with Gasteiger partial charge in [-0.25, -0.2) is 0 Å². The number of carbonyl (C=O) groups is 1. The summed E-state index contributed by atoms with van der Waals surface area (Å²) >= 11 is 0. The fraction of sp³-hybridized carbons (Fsp3) is 0.261. The summed E-state index contributed by atoms with van der Waals surface area (Å²) in [6, 6.07) is 18.8. The highest BCUT2D eigenvalue weighted by Crippen LogP contribution is 2.30. The lowest BCUT2D eigenvalue weighted by Gasteiger charge is -2.21. The van der Waals surface area contributed by atoms with Crippen LogP contribution in [0.3, 0.4) is 0 Å². The second kappa shape index (κ2) is 7.61.